The fourth-order valence-electron chi connectivity index (χ4n) is 3.46. The molecule has 1 amide bonds. The van der Waals surface area contributed by atoms with E-state index in [2.05, 4.69) is 6.07 Å². The first-order chi connectivity index (χ1) is 12.0. The molecular formula is C20H26N2O3. The zero-order valence-corrected chi connectivity index (χ0v) is 15.0. The lowest BCUT2D eigenvalue weighted by Crippen LogP contribution is -2.47. The number of hydrogen-bond donors (Lipinski definition) is 0. The summed E-state index contributed by atoms with van der Waals surface area (Å²) in [6.07, 6.45) is 5.80. The molecule has 2 rings (SSSR count). The highest BCUT2D eigenvalue weighted by molar-refractivity contribution is 5.91. The molecule has 5 heteroatoms. The number of benzene rings is 1. The molecule has 1 aromatic carbocycles. The third kappa shape index (κ3) is 5.32. The molecule has 0 heterocycles. The Hall–Kier alpha value is -2.35. The SMILES string of the molecule is CC(C)N(C(=O)COC(=O)c1cccc(CC#N)c1)C1CCCCC1. The van der Waals surface area contributed by atoms with Crippen LogP contribution < -0.4 is 0 Å². The topological polar surface area (TPSA) is 70.4 Å². The van der Waals surface area contributed by atoms with Gasteiger partial charge in [0.2, 0.25) is 0 Å². The maximum atomic E-state index is 12.6. The molecule has 1 aliphatic carbocycles. The fraction of sp³-hybridized carbons (Fsp3) is 0.550. The Morgan fingerprint density at radius 3 is 2.64 bits per heavy atom. The van der Waals surface area contributed by atoms with Crippen LogP contribution in [0, 0.1) is 11.3 Å². The Labute approximate surface area is 149 Å². The molecule has 1 aromatic rings. The molecule has 0 radical (unpaired) electrons. The van der Waals surface area contributed by atoms with Crippen LogP contribution in [0.25, 0.3) is 0 Å². The summed E-state index contributed by atoms with van der Waals surface area (Å²) in [6.45, 7) is 3.76. The minimum Gasteiger partial charge on any atom is -0.452 e. The van der Waals surface area contributed by atoms with E-state index < -0.39 is 5.97 Å². The van der Waals surface area contributed by atoms with Gasteiger partial charge >= 0.3 is 5.97 Å². The van der Waals surface area contributed by atoms with Gasteiger partial charge < -0.3 is 9.64 Å². The number of nitriles is 1. The van der Waals surface area contributed by atoms with Crippen LogP contribution in [-0.2, 0) is 16.0 Å². The van der Waals surface area contributed by atoms with E-state index in [0.29, 0.717) is 5.56 Å². The molecule has 0 unspecified atom stereocenters. The highest BCUT2D eigenvalue weighted by Gasteiger charge is 2.28. The highest BCUT2D eigenvalue weighted by Crippen LogP contribution is 2.24. The van der Waals surface area contributed by atoms with Crippen molar-refractivity contribution in [1.29, 1.82) is 5.26 Å². The van der Waals surface area contributed by atoms with Crippen molar-refractivity contribution in [2.24, 2.45) is 0 Å². The zero-order valence-electron chi connectivity index (χ0n) is 15.0. The molecule has 1 fully saturated rings. The summed E-state index contributed by atoms with van der Waals surface area (Å²) in [7, 11) is 0. The van der Waals surface area contributed by atoms with Crippen molar-refractivity contribution >= 4 is 11.9 Å². The van der Waals surface area contributed by atoms with Crippen LogP contribution in [-0.4, -0.2) is 35.5 Å². The molecule has 0 saturated heterocycles. The molecule has 0 N–H and O–H groups in total. The molecule has 1 saturated carbocycles. The second-order valence-corrected chi connectivity index (χ2v) is 6.80. The minimum absolute atomic E-state index is 0.0910. The summed E-state index contributed by atoms with van der Waals surface area (Å²) in [5, 5.41) is 8.75. The molecule has 0 atom stereocenters. The predicted octanol–water partition coefficient (Wildman–Crippen LogP) is 3.48. The standard InChI is InChI=1S/C20H26N2O3/c1-15(2)22(18-9-4-3-5-10-18)19(23)14-25-20(24)17-8-6-7-16(13-17)11-12-21/h6-8,13,15,18H,3-5,9-11,14H2,1-2H3. The van der Waals surface area contributed by atoms with Gasteiger partial charge in [0.05, 0.1) is 18.1 Å². The van der Waals surface area contributed by atoms with Crippen LogP contribution in [0.1, 0.15) is 61.9 Å². The summed E-state index contributed by atoms with van der Waals surface area (Å²) in [4.78, 5) is 26.7. The molecule has 0 aromatic heterocycles. The lowest BCUT2D eigenvalue weighted by atomic mass is 9.93. The maximum Gasteiger partial charge on any atom is 0.338 e. The lowest BCUT2D eigenvalue weighted by molar-refractivity contribution is -0.139. The van der Waals surface area contributed by atoms with E-state index in [1.54, 1.807) is 24.3 Å². The van der Waals surface area contributed by atoms with Crippen LogP contribution in [0.3, 0.4) is 0 Å². The first-order valence-corrected chi connectivity index (χ1v) is 8.97. The number of esters is 1. The molecular weight excluding hydrogens is 316 g/mol. The summed E-state index contributed by atoms with van der Waals surface area (Å²) < 4.78 is 5.23. The van der Waals surface area contributed by atoms with Crippen LogP contribution in [0.5, 0.6) is 0 Å². The van der Waals surface area contributed by atoms with Crippen molar-refractivity contribution in [3.05, 3.63) is 35.4 Å². The third-order valence-corrected chi connectivity index (χ3v) is 4.59. The fourth-order valence-corrected chi connectivity index (χ4v) is 3.46. The molecule has 25 heavy (non-hydrogen) atoms. The average Bonchev–Trinajstić information content (AvgIpc) is 2.61. The molecule has 134 valence electrons. The Balaban J connectivity index is 1.96. The summed E-state index contributed by atoms with van der Waals surface area (Å²) >= 11 is 0. The van der Waals surface area contributed by atoms with E-state index >= 15 is 0 Å². The molecule has 0 bridgehead atoms. The molecule has 1 aliphatic rings. The second kappa shape index (κ2) is 9.22. The quantitative estimate of drug-likeness (QED) is 0.742. The van der Waals surface area contributed by atoms with Gasteiger partial charge in [0.25, 0.3) is 5.91 Å². The number of rotatable bonds is 6. The first-order valence-electron chi connectivity index (χ1n) is 8.97. The number of carbonyl (C=O) groups excluding carboxylic acids is 2. The Morgan fingerprint density at radius 2 is 2.00 bits per heavy atom. The largest absolute Gasteiger partial charge is 0.452 e. The van der Waals surface area contributed by atoms with Gasteiger partial charge in [0, 0.05) is 12.1 Å². The monoisotopic (exact) mass is 342 g/mol. The zero-order chi connectivity index (χ0) is 18.2. The second-order valence-electron chi connectivity index (χ2n) is 6.80. The number of hydrogen-bond acceptors (Lipinski definition) is 4. The minimum atomic E-state index is -0.527. The summed E-state index contributed by atoms with van der Waals surface area (Å²) in [5.74, 6) is -0.663. The molecule has 5 nitrogen and oxygen atoms in total. The van der Waals surface area contributed by atoms with Gasteiger partial charge in [0.1, 0.15) is 0 Å². The van der Waals surface area contributed by atoms with Gasteiger partial charge in [0.15, 0.2) is 6.61 Å². The van der Waals surface area contributed by atoms with Gasteiger partial charge in [-0.15, -0.1) is 0 Å². The summed E-state index contributed by atoms with van der Waals surface area (Å²) in [6, 6.07) is 9.16. The Bertz CT molecular complexity index is 643. The van der Waals surface area contributed by atoms with Crippen molar-refractivity contribution in [2.75, 3.05) is 6.61 Å². The molecule has 0 aliphatic heterocycles. The van der Waals surface area contributed by atoms with Gasteiger partial charge in [-0.1, -0.05) is 31.4 Å². The number of nitrogens with zero attached hydrogens (tertiary/aromatic N) is 2. The lowest BCUT2D eigenvalue weighted by Gasteiger charge is -2.37. The number of amides is 1. The van der Waals surface area contributed by atoms with E-state index in [1.807, 2.05) is 18.7 Å². The van der Waals surface area contributed by atoms with Crippen molar-refractivity contribution in [3.8, 4) is 6.07 Å². The van der Waals surface area contributed by atoms with Crippen molar-refractivity contribution in [2.45, 2.75) is 64.5 Å². The van der Waals surface area contributed by atoms with E-state index in [0.717, 1.165) is 31.2 Å². The maximum absolute atomic E-state index is 12.6. The van der Waals surface area contributed by atoms with E-state index in [9.17, 15) is 9.59 Å². The summed E-state index contributed by atoms with van der Waals surface area (Å²) in [5.41, 5.74) is 1.13. The van der Waals surface area contributed by atoms with Crippen molar-refractivity contribution < 1.29 is 14.3 Å². The van der Waals surface area contributed by atoms with Crippen molar-refractivity contribution in [3.63, 3.8) is 0 Å². The Morgan fingerprint density at radius 1 is 1.28 bits per heavy atom. The number of carbonyl (C=O) groups is 2. The third-order valence-electron chi connectivity index (χ3n) is 4.59. The van der Waals surface area contributed by atoms with Crippen LogP contribution in [0.4, 0.5) is 0 Å². The van der Waals surface area contributed by atoms with Crippen LogP contribution in [0.2, 0.25) is 0 Å². The van der Waals surface area contributed by atoms with Gasteiger partial charge in [-0.25, -0.2) is 4.79 Å². The van der Waals surface area contributed by atoms with Crippen LogP contribution in [0.15, 0.2) is 24.3 Å². The number of ether oxygens (including phenoxy) is 1. The van der Waals surface area contributed by atoms with Crippen LogP contribution >= 0.6 is 0 Å². The van der Waals surface area contributed by atoms with Gasteiger partial charge in [-0.2, -0.15) is 5.26 Å². The van der Waals surface area contributed by atoms with E-state index in [-0.39, 0.29) is 31.0 Å². The smallest absolute Gasteiger partial charge is 0.338 e. The highest BCUT2D eigenvalue weighted by atomic mass is 16.5. The first kappa shape index (κ1) is 19.0. The average molecular weight is 342 g/mol. The van der Waals surface area contributed by atoms with E-state index in [1.165, 1.54) is 6.42 Å². The molecule has 0 spiro atoms. The normalized spacial score (nSPS) is 14.8. The van der Waals surface area contributed by atoms with E-state index in [4.69, 9.17) is 10.00 Å². The predicted molar refractivity (Wildman–Crippen MR) is 94.9 cm³/mol. The van der Waals surface area contributed by atoms with Gasteiger partial charge in [-0.05, 0) is 44.4 Å². The Kier molecular flexibility index (Phi) is 7.00. The van der Waals surface area contributed by atoms with Crippen molar-refractivity contribution in [1.82, 2.24) is 4.90 Å². The van der Waals surface area contributed by atoms with Gasteiger partial charge in [-0.3, -0.25) is 4.79 Å².